The smallest absolute Gasteiger partial charge is 0.340 e. The molecule has 0 amide bonds. The van der Waals surface area contributed by atoms with E-state index < -0.39 is 12.1 Å². The van der Waals surface area contributed by atoms with Crippen LogP contribution in [0.1, 0.15) is 23.7 Å². The maximum atomic E-state index is 11.9. The number of carbonyl (C=O) groups excluding carboxylic acids is 1. The molecule has 2 unspecified atom stereocenters. The first-order valence-corrected chi connectivity index (χ1v) is 6.92. The van der Waals surface area contributed by atoms with Crippen LogP contribution in [0.3, 0.4) is 0 Å². The first kappa shape index (κ1) is 14.9. The van der Waals surface area contributed by atoms with E-state index in [-0.39, 0.29) is 5.92 Å². The molecular formula is C14H19ClN2O3. The Balaban J connectivity index is 2.42. The van der Waals surface area contributed by atoms with Gasteiger partial charge >= 0.3 is 5.97 Å². The monoisotopic (exact) mass is 298 g/mol. The second-order valence-corrected chi connectivity index (χ2v) is 5.58. The number of hydrogen-bond donors (Lipinski definition) is 2. The molecule has 110 valence electrons. The van der Waals surface area contributed by atoms with Gasteiger partial charge in [-0.15, -0.1) is 0 Å². The van der Waals surface area contributed by atoms with Gasteiger partial charge in [0, 0.05) is 18.8 Å². The van der Waals surface area contributed by atoms with E-state index in [1.54, 1.807) is 12.1 Å². The molecule has 0 aliphatic carbocycles. The van der Waals surface area contributed by atoms with E-state index >= 15 is 0 Å². The van der Waals surface area contributed by atoms with Crippen LogP contribution in [-0.4, -0.2) is 37.4 Å². The second-order valence-electron chi connectivity index (χ2n) is 5.17. The largest absolute Gasteiger partial charge is 0.465 e. The Kier molecular flexibility index (Phi) is 4.40. The van der Waals surface area contributed by atoms with Gasteiger partial charge in [-0.2, -0.15) is 0 Å². The number of methoxy groups -OCH3 is 1. The summed E-state index contributed by atoms with van der Waals surface area (Å²) in [5, 5.41) is 10.4. The van der Waals surface area contributed by atoms with E-state index in [0.29, 0.717) is 28.5 Å². The molecule has 2 rings (SSSR count). The highest BCUT2D eigenvalue weighted by atomic mass is 35.5. The van der Waals surface area contributed by atoms with Crippen molar-refractivity contribution in [1.29, 1.82) is 0 Å². The minimum Gasteiger partial charge on any atom is -0.465 e. The number of carbonyl (C=O) groups is 1. The van der Waals surface area contributed by atoms with Gasteiger partial charge in [0.05, 0.1) is 29.5 Å². The zero-order valence-electron chi connectivity index (χ0n) is 11.6. The molecule has 0 radical (unpaired) electrons. The summed E-state index contributed by atoms with van der Waals surface area (Å²) >= 11 is 6.24. The predicted molar refractivity (Wildman–Crippen MR) is 79.2 cm³/mol. The molecule has 0 saturated carbocycles. The van der Waals surface area contributed by atoms with Crippen molar-refractivity contribution in [1.82, 2.24) is 0 Å². The van der Waals surface area contributed by atoms with Gasteiger partial charge in [-0.3, -0.25) is 0 Å². The number of nitrogens with two attached hydrogens (primary N) is 1. The highest BCUT2D eigenvalue weighted by Crippen LogP contribution is 2.35. The zero-order valence-corrected chi connectivity index (χ0v) is 12.4. The summed E-state index contributed by atoms with van der Waals surface area (Å²) in [5.74, 6) is -0.248. The summed E-state index contributed by atoms with van der Waals surface area (Å²) in [6.45, 7) is 3.18. The third kappa shape index (κ3) is 2.83. The molecule has 1 aromatic rings. The Bertz CT molecular complexity index is 521. The summed E-state index contributed by atoms with van der Waals surface area (Å²) in [5.41, 5.74) is 7.06. The molecule has 1 saturated heterocycles. The van der Waals surface area contributed by atoms with Crippen LogP contribution in [0.4, 0.5) is 11.4 Å². The number of nitrogens with zero attached hydrogens (tertiary/aromatic N) is 1. The van der Waals surface area contributed by atoms with Gasteiger partial charge in [0.25, 0.3) is 0 Å². The van der Waals surface area contributed by atoms with E-state index in [0.717, 1.165) is 13.0 Å². The van der Waals surface area contributed by atoms with Crippen LogP contribution in [0.5, 0.6) is 0 Å². The minimum atomic E-state index is -0.484. The fraction of sp³-hybridized carbons (Fsp3) is 0.500. The number of rotatable bonds is 2. The highest BCUT2D eigenvalue weighted by molar-refractivity contribution is 6.34. The van der Waals surface area contributed by atoms with Gasteiger partial charge in [-0.05, 0) is 24.5 Å². The lowest BCUT2D eigenvalue weighted by Gasteiger charge is -2.37. The number of esters is 1. The molecule has 5 nitrogen and oxygen atoms in total. The predicted octanol–water partition coefficient (Wildman–Crippen LogP) is 1.92. The number of halogens is 1. The Morgan fingerprint density at radius 3 is 2.85 bits per heavy atom. The lowest BCUT2D eigenvalue weighted by molar-refractivity contribution is 0.0600. The van der Waals surface area contributed by atoms with Crippen LogP contribution in [0.2, 0.25) is 5.02 Å². The average Bonchev–Trinajstić information content (AvgIpc) is 2.40. The number of ether oxygens (including phenoxy) is 1. The molecule has 0 spiro atoms. The average molecular weight is 299 g/mol. The van der Waals surface area contributed by atoms with Gasteiger partial charge in [-0.25, -0.2) is 4.79 Å². The number of nitrogen functional groups attached to an aromatic ring is 1. The van der Waals surface area contributed by atoms with Gasteiger partial charge < -0.3 is 20.5 Å². The summed E-state index contributed by atoms with van der Waals surface area (Å²) in [6, 6.07) is 3.16. The van der Waals surface area contributed by atoms with Crippen molar-refractivity contribution in [3.05, 3.63) is 22.7 Å². The molecule has 3 N–H and O–H groups in total. The SMILES string of the molecule is COC(=O)c1cc(N)cc(Cl)c1N1CCC(C)C(O)C1. The van der Waals surface area contributed by atoms with Crippen molar-refractivity contribution < 1.29 is 14.6 Å². The lowest BCUT2D eigenvalue weighted by atomic mass is 9.95. The van der Waals surface area contributed by atoms with Gasteiger partial charge in [0.15, 0.2) is 0 Å². The maximum Gasteiger partial charge on any atom is 0.340 e. The van der Waals surface area contributed by atoms with Crippen molar-refractivity contribution in [2.24, 2.45) is 5.92 Å². The van der Waals surface area contributed by atoms with E-state index in [4.69, 9.17) is 22.1 Å². The number of piperidine rings is 1. The van der Waals surface area contributed by atoms with Crippen molar-refractivity contribution >= 4 is 28.9 Å². The Morgan fingerprint density at radius 2 is 2.25 bits per heavy atom. The van der Waals surface area contributed by atoms with Crippen molar-refractivity contribution in [3.8, 4) is 0 Å². The molecular weight excluding hydrogens is 280 g/mol. The summed E-state index contributed by atoms with van der Waals surface area (Å²) in [7, 11) is 1.32. The quantitative estimate of drug-likeness (QED) is 0.644. The van der Waals surface area contributed by atoms with Crippen LogP contribution in [0, 0.1) is 5.92 Å². The fourth-order valence-corrected chi connectivity index (χ4v) is 2.81. The van der Waals surface area contributed by atoms with E-state index in [1.165, 1.54) is 7.11 Å². The van der Waals surface area contributed by atoms with E-state index in [9.17, 15) is 9.90 Å². The topological polar surface area (TPSA) is 75.8 Å². The number of benzene rings is 1. The first-order valence-electron chi connectivity index (χ1n) is 6.54. The van der Waals surface area contributed by atoms with E-state index in [2.05, 4.69) is 0 Å². The Morgan fingerprint density at radius 1 is 1.55 bits per heavy atom. The number of β-amino-alcohol motifs (C(OH)–C–C–N with tert-alkyl or cyclic N) is 1. The molecule has 6 heteroatoms. The molecule has 0 aromatic heterocycles. The van der Waals surface area contributed by atoms with Crippen LogP contribution < -0.4 is 10.6 Å². The van der Waals surface area contributed by atoms with Crippen molar-refractivity contribution in [2.75, 3.05) is 30.8 Å². The third-order valence-corrected chi connectivity index (χ3v) is 4.01. The number of anilines is 2. The normalized spacial score (nSPS) is 22.7. The molecule has 1 fully saturated rings. The summed E-state index contributed by atoms with van der Waals surface area (Å²) in [6.07, 6.45) is 0.394. The van der Waals surface area contributed by atoms with Crippen molar-refractivity contribution in [3.63, 3.8) is 0 Å². The third-order valence-electron chi connectivity index (χ3n) is 3.73. The van der Waals surface area contributed by atoms with Gasteiger partial charge in [-0.1, -0.05) is 18.5 Å². The molecule has 1 aromatic carbocycles. The summed E-state index contributed by atoms with van der Waals surface area (Å²) < 4.78 is 4.78. The Labute approximate surface area is 123 Å². The van der Waals surface area contributed by atoms with Crippen molar-refractivity contribution in [2.45, 2.75) is 19.4 Å². The molecule has 0 bridgehead atoms. The van der Waals surface area contributed by atoms with Crippen LogP contribution in [-0.2, 0) is 4.74 Å². The molecule has 1 heterocycles. The number of aliphatic hydroxyl groups is 1. The molecule has 20 heavy (non-hydrogen) atoms. The first-order chi connectivity index (χ1) is 9.43. The van der Waals surface area contributed by atoms with E-state index in [1.807, 2.05) is 11.8 Å². The van der Waals surface area contributed by atoms with Gasteiger partial charge in [0.1, 0.15) is 0 Å². The molecule has 1 aliphatic rings. The molecule has 2 atom stereocenters. The van der Waals surface area contributed by atoms with Crippen LogP contribution >= 0.6 is 11.6 Å². The minimum absolute atomic E-state index is 0.236. The number of hydrogen-bond acceptors (Lipinski definition) is 5. The number of aliphatic hydroxyl groups excluding tert-OH is 1. The maximum absolute atomic E-state index is 11.9. The lowest BCUT2D eigenvalue weighted by Crippen LogP contribution is -2.43. The molecule has 1 aliphatic heterocycles. The van der Waals surface area contributed by atoms with Gasteiger partial charge in [0.2, 0.25) is 0 Å². The zero-order chi connectivity index (χ0) is 14.9. The van der Waals surface area contributed by atoms with Crippen LogP contribution in [0.25, 0.3) is 0 Å². The second kappa shape index (κ2) is 5.89. The van der Waals surface area contributed by atoms with Crippen LogP contribution in [0.15, 0.2) is 12.1 Å². The summed E-state index contributed by atoms with van der Waals surface area (Å²) in [4.78, 5) is 13.8. The fourth-order valence-electron chi connectivity index (χ4n) is 2.46. The Hall–Kier alpha value is -1.46. The highest BCUT2D eigenvalue weighted by Gasteiger charge is 2.28. The standard InChI is InChI=1S/C14H19ClN2O3/c1-8-3-4-17(7-12(8)18)13-10(14(19)20-2)5-9(16)6-11(13)15/h5-6,8,12,18H,3-4,7,16H2,1-2H3.